The lowest BCUT2D eigenvalue weighted by molar-refractivity contribution is 0.292. The monoisotopic (exact) mass is 254 g/mol. The maximum atomic E-state index is 5.68. The van der Waals surface area contributed by atoms with Crippen molar-refractivity contribution < 1.29 is 18.9 Å². The Bertz CT molecular complexity index is 338. The second kappa shape index (κ2) is 7.69. The van der Waals surface area contributed by atoms with Crippen LogP contribution in [0.3, 0.4) is 0 Å². The molecule has 4 nitrogen and oxygen atoms in total. The predicted molar refractivity (Wildman–Crippen MR) is 71.1 cm³/mol. The summed E-state index contributed by atoms with van der Waals surface area (Å²) in [6.45, 7) is 2.87. The highest BCUT2D eigenvalue weighted by Gasteiger charge is 2.13. The Hall–Kier alpha value is -1.58. The van der Waals surface area contributed by atoms with E-state index in [0.717, 1.165) is 12.2 Å². The average molecular weight is 254 g/mol. The molecule has 0 fully saturated rings. The van der Waals surface area contributed by atoms with Crippen molar-refractivity contribution in [3.8, 4) is 23.0 Å². The van der Waals surface area contributed by atoms with Crippen LogP contribution in [0, 0.1) is 0 Å². The van der Waals surface area contributed by atoms with E-state index in [1.165, 1.54) is 12.8 Å². The third-order valence-corrected chi connectivity index (χ3v) is 2.65. The highest BCUT2D eigenvalue weighted by atomic mass is 16.5. The molecule has 0 aliphatic heterocycles. The van der Waals surface area contributed by atoms with Crippen LogP contribution in [-0.4, -0.2) is 27.9 Å². The summed E-state index contributed by atoms with van der Waals surface area (Å²) in [5.74, 6) is 2.55. The molecule has 0 spiro atoms. The molecule has 0 heterocycles. The molecule has 0 aromatic heterocycles. The summed E-state index contributed by atoms with van der Waals surface area (Å²) in [6, 6.07) is 3.63. The van der Waals surface area contributed by atoms with E-state index >= 15 is 0 Å². The first-order chi connectivity index (χ1) is 8.76. The molecule has 0 aliphatic carbocycles. The summed E-state index contributed by atoms with van der Waals surface area (Å²) in [5.41, 5.74) is 0. The van der Waals surface area contributed by atoms with Gasteiger partial charge < -0.3 is 18.9 Å². The van der Waals surface area contributed by atoms with Crippen molar-refractivity contribution in [2.24, 2.45) is 0 Å². The SMILES string of the molecule is CCCCCOc1cc(OC)c(OC)c(OC)c1. The molecule has 0 N–H and O–H groups in total. The molecule has 0 bridgehead atoms. The van der Waals surface area contributed by atoms with Crippen LogP contribution in [0.4, 0.5) is 0 Å². The number of methoxy groups -OCH3 is 3. The zero-order chi connectivity index (χ0) is 13.4. The first-order valence-corrected chi connectivity index (χ1v) is 6.19. The maximum absolute atomic E-state index is 5.68. The minimum Gasteiger partial charge on any atom is -0.493 e. The molecule has 0 amide bonds. The Morgan fingerprint density at radius 3 is 1.94 bits per heavy atom. The van der Waals surface area contributed by atoms with Crippen molar-refractivity contribution in [1.29, 1.82) is 0 Å². The van der Waals surface area contributed by atoms with Gasteiger partial charge in [-0.1, -0.05) is 19.8 Å². The van der Waals surface area contributed by atoms with Gasteiger partial charge in [0.2, 0.25) is 5.75 Å². The average Bonchev–Trinajstić information content (AvgIpc) is 2.42. The quantitative estimate of drug-likeness (QED) is 0.667. The van der Waals surface area contributed by atoms with Gasteiger partial charge in [-0.3, -0.25) is 0 Å². The first kappa shape index (κ1) is 14.5. The molecule has 1 aromatic carbocycles. The predicted octanol–water partition coefficient (Wildman–Crippen LogP) is 3.28. The fourth-order valence-corrected chi connectivity index (χ4v) is 1.68. The van der Waals surface area contributed by atoms with E-state index in [1.807, 2.05) is 12.1 Å². The number of rotatable bonds is 8. The van der Waals surface area contributed by atoms with Gasteiger partial charge in [0, 0.05) is 12.1 Å². The Morgan fingerprint density at radius 1 is 0.889 bits per heavy atom. The number of unbranched alkanes of at least 4 members (excludes halogenated alkanes) is 2. The smallest absolute Gasteiger partial charge is 0.203 e. The van der Waals surface area contributed by atoms with Crippen molar-refractivity contribution in [3.05, 3.63) is 12.1 Å². The van der Waals surface area contributed by atoms with Crippen LogP contribution in [0.15, 0.2) is 12.1 Å². The minimum atomic E-state index is 0.584. The Kier molecular flexibility index (Phi) is 6.19. The second-order valence-corrected chi connectivity index (χ2v) is 3.92. The molecule has 0 saturated heterocycles. The molecule has 0 saturated carbocycles. The van der Waals surface area contributed by atoms with Gasteiger partial charge in [0.25, 0.3) is 0 Å². The molecule has 4 heteroatoms. The van der Waals surface area contributed by atoms with Gasteiger partial charge >= 0.3 is 0 Å². The van der Waals surface area contributed by atoms with Crippen LogP contribution >= 0.6 is 0 Å². The zero-order valence-corrected chi connectivity index (χ0v) is 11.6. The van der Waals surface area contributed by atoms with E-state index in [0.29, 0.717) is 23.9 Å². The molecule has 18 heavy (non-hydrogen) atoms. The summed E-state index contributed by atoms with van der Waals surface area (Å²) in [7, 11) is 4.78. The fraction of sp³-hybridized carbons (Fsp3) is 0.571. The van der Waals surface area contributed by atoms with Crippen molar-refractivity contribution in [2.45, 2.75) is 26.2 Å². The summed E-state index contributed by atoms with van der Waals surface area (Å²) in [5, 5.41) is 0. The van der Waals surface area contributed by atoms with Gasteiger partial charge in [-0.25, -0.2) is 0 Å². The Morgan fingerprint density at radius 2 is 1.50 bits per heavy atom. The van der Waals surface area contributed by atoms with Gasteiger partial charge in [0.05, 0.1) is 27.9 Å². The van der Waals surface area contributed by atoms with Crippen LogP contribution in [0.2, 0.25) is 0 Å². The molecule has 1 rings (SSSR count). The van der Waals surface area contributed by atoms with Crippen molar-refractivity contribution in [3.63, 3.8) is 0 Å². The van der Waals surface area contributed by atoms with E-state index in [-0.39, 0.29) is 0 Å². The molecule has 0 atom stereocenters. The third kappa shape index (κ3) is 3.72. The van der Waals surface area contributed by atoms with E-state index in [2.05, 4.69) is 6.92 Å². The summed E-state index contributed by atoms with van der Waals surface area (Å²) < 4.78 is 21.5. The topological polar surface area (TPSA) is 36.9 Å². The summed E-state index contributed by atoms with van der Waals surface area (Å²) >= 11 is 0. The van der Waals surface area contributed by atoms with Gasteiger partial charge in [0.15, 0.2) is 11.5 Å². The lowest BCUT2D eigenvalue weighted by atomic mass is 10.2. The van der Waals surface area contributed by atoms with Crippen LogP contribution in [-0.2, 0) is 0 Å². The number of hydrogen-bond acceptors (Lipinski definition) is 4. The zero-order valence-electron chi connectivity index (χ0n) is 11.6. The maximum Gasteiger partial charge on any atom is 0.203 e. The summed E-state index contributed by atoms with van der Waals surface area (Å²) in [6.07, 6.45) is 3.40. The lowest BCUT2D eigenvalue weighted by Gasteiger charge is -2.14. The first-order valence-electron chi connectivity index (χ1n) is 6.19. The van der Waals surface area contributed by atoms with Gasteiger partial charge in [-0.05, 0) is 6.42 Å². The Labute approximate surface area is 109 Å². The largest absolute Gasteiger partial charge is 0.493 e. The fourth-order valence-electron chi connectivity index (χ4n) is 1.68. The minimum absolute atomic E-state index is 0.584. The second-order valence-electron chi connectivity index (χ2n) is 3.92. The number of benzene rings is 1. The van der Waals surface area contributed by atoms with Gasteiger partial charge in [-0.15, -0.1) is 0 Å². The lowest BCUT2D eigenvalue weighted by Crippen LogP contribution is -2.00. The Balaban J connectivity index is 2.80. The molecule has 0 unspecified atom stereocenters. The molecular formula is C14H22O4. The summed E-state index contributed by atoms with van der Waals surface area (Å²) in [4.78, 5) is 0. The number of hydrogen-bond donors (Lipinski definition) is 0. The van der Waals surface area contributed by atoms with Crippen LogP contribution in [0.25, 0.3) is 0 Å². The highest BCUT2D eigenvalue weighted by Crippen LogP contribution is 2.40. The van der Waals surface area contributed by atoms with Crippen LogP contribution in [0.1, 0.15) is 26.2 Å². The van der Waals surface area contributed by atoms with E-state index in [4.69, 9.17) is 18.9 Å². The molecule has 0 radical (unpaired) electrons. The standard InChI is InChI=1S/C14H22O4/c1-5-6-7-8-18-11-9-12(15-2)14(17-4)13(10-11)16-3/h9-10H,5-8H2,1-4H3. The van der Waals surface area contributed by atoms with Crippen LogP contribution < -0.4 is 18.9 Å². The third-order valence-electron chi connectivity index (χ3n) is 2.65. The van der Waals surface area contributed by atoms with Crippen molar-refractivity contribution in [2.75, 3.05) is 27.9 Å². The van der Waals surface area contributed by atoms with E-state index in [1.54, 1.807) is 21.3 Å². The van der Waals surface area contributed by atoms with Crippen molar-refractivity contribution in [1.82, 2.24) is 0 Å². The molecular weight excluding hydrogens is 232 g/mol. The van der Waals surface area contributed by atoms with Crippen molar-refractivity contribution >= 4 is 0 Å². The number of ether oxygens (including phenoxy) is 4. The highest BCUT2D eigenvalue weighted by molar-refractivity contribution is 5.55. The molecule has 102 valence electrons. The van der Waals surface area contributed by atoms with Gasteiger partial charge in [0.1, 0.15) is 5.75 Å². The van der Waals surface area contributed by atoms with E-state index < -0.39 is 0 Å². The van der Waals surface area contributed by atoms with Crippen LogP contribution in [0.5, 0.6) is 23.0 Å². The molecule has 0 aliphatic rings. The normalized spacial score (nSPS) is 10.0. The molecule has 1 aromatic rings. The van der Waals surface area contributed by atoms with Gasteiger partial charge in [-0.2, -0.15) is 0 Å². The van der Waals surface area contributed by atoms with E-state index in [9.17, 15) is 0 Å².